The highest BCUT2D eigenvalue weighted by Gasteiger charge is 2.53. The van der Waals surface area contributed by atoms with E-state index in [1.54, 1.807) is 0 Å². The van der Waals surface area contributed by atoms with Crippen molar-refractivity contribution in [1.29, 1.82) is 0 Å². The normalized spacial score (nSPS) is 17.7. The molecule has 0 saturated carbocycles. The van der Waals surface area contributed by atoms with Crippen LogP contribution < -0.4 is 10.6 Å². The summed E-state index contributed by atoms with van der Waals surface area (Å²) in [7, 11) is 0. The molecule has 5 nitrogen and oxygen atoms in total. The Hall–Kier alpha value is -1.31. The van der Waals surface area contributed by atoms with Gasteiger partial charge >= 0.3 is 0 Å². The number of aliphatic imine (C=N–C) groups is 1. The third-order valence-electron chi connectivity index (χ3n) is 5.39. The molecule has 6 heteroatoms. The van der Waals surface area contributed by atoms with E-state index in [0.717, 1.165) is 25.5 Å². The zero-order valence-electron chi connectivity index (χ0n) is 16.6. The van der Waals surface area contributed by atoms with E-state index in [0.29, 0.717) is 18.7 Å². The summed E-state index contributed by atoms with van der Waals surface area (Å²) in [4.78, 5) is 19.1. The minimum absolute atomic E-state index is 0. The highest BCUT2D eigenvalue weighted by atomic mass is 127. The molecule has 1 fully saturated rings. The molecule has 26 heavy (non-hydrogen) atoms. The van der Waals surface area contributed by atoms with E-state index < -0.39 is 0 Å². The second-order valence-corrected chi connectivity index (χ2v) is 7.74. The maximum atomic E-state index is 12.0. The summed E-state index contributed by atoms with van der Waals surface area (Å²) in [5.41, 5.74) is 1.08. The number of likely N-dealkylation sites (tertiary alicyclic amines) is 1. The summed E-state index contributed by atoms with van der Waals surface area (Å²) < 4.78 is 0. The second-order valence-electron chi connectivity index (χ2n) is 7.74. The monoisotopic (exact) mass is 472 g/mol. The highest BCUT2D eigenvalue weighted by molar-refractivity contribution is 14.0. The molecule has 2 rings (SSSR count). The number of carbonyl (C=O) groups is 1. The number of nitrogens with zero attached hydrogens (tertiary/aromatic N) is 2. The molecule has 1 saturated heterocycles. The van der Waals surface area contributed by atoms with Gasteiger partial charge in [-0.05, 0) is 39.3 Å². The number of hydrogen-bond donors (Lipinski definition) is 2. The van der Waals surface area contributed by atoms with E-state index in [9.17, 15) is 4.79 Å². The third-order valence-corrected chi connectivity index (χ3v) is 5.39. The molecule has 0 aliphatic carbocycles. The van der Waals surface area contributed by atoms with Crippen molar-refractivity contribution >= 4 is 35.8 Å². The number of hydrogen-bond acceptors (Lipinski definition) is 2. The topological polar surface area (TPSA) is 56.7 Å². The largest absolute Gasteiger partial charge is 0.356 e. The first-order valence-electron chi connectivity index (χ1n) is 9.19. The van der Waals surface area contributed by atoms with Crippen LogP contribution in [0.2, 0.25) is 0 Å². The van der Waals surface area contributed by atoms with Crippen molar-refractivity contribution in [2.75, 3.05) is 26.2 Å². The Labute approximate surface area is 175 Å². The van der Waals surface area contributed by atoms with Gasteiger partial charge in [0.05, 0.1) is 0 Å². The average Bonchev–Trinajstić information content (AvgIpc) is 2.59. The van der Waals surface area contributed by atoms with E-state index in [1.165, 1.54) is 0 Å². The first kappa shape index (κ1) is 22.7. The number of carbonyl (C=O) groups excluding carboxylic acids is 1. The zero-order chi connectivity index (χ0) is 18.5. The average molecular weight is 472 g/mol. The van der Waals surface area contributed by atoms with Gasteiger partial charge in [-0.15, -0.1) is 24.0 Å². The van der Waals surface area contributed by atoms with Gasteiger partial charge in [-0.1, -0.05) is 32.0 Å². The predicted molar refractivity (Wildman–Crippen MR) is 119 cm³/mol. The Morgan fingerprint density at radius 1 is 1.15 bits per heavy atom. The van der Waals surface area contributed by atoms with Crippen LogP contribution in [0.4, 0.5) is 0 Å². The maximum Gasteiger partial charge on any atom is 0.251 e. The van der Waals surface area contributed by atoms with Crippen LogP contribution in [0, 0.1) is 5.41 Å². The van der Waals surface area contributed by atoms with E-state index in [1.807, 2.05) is 30.3 Å². The molecule has 0 spiro atoms. The molecule has 0 bridgehead atoms. The molecule has 0 aromatic heterocycles. The minimum Gasteiger partial charge on any atom is -0.356 e. The van der Waals surface area contributed by atoms with Gasteiger partial charge in [-0.3, -0.25) is 9.79 Å². The van der Waals surface area contributed by atoms with Crippen molar-refractivity contribution in [2.24, 2.45) is 10.4 Å². The third kappa shape index (κ3) is 5.11. The van der Waals surface area contributed by atoms with Gasteiger partial charge in [0, 0.05) is 42.7 Å². The number of halogens is 1. The smallest absolute Gasteiger partial charge is 0.251 e. The van der Waals surface area contributed by atoms with Crippen molar-refractivity contribution in [2.45, 2.75) is 46.6 Å². The summed E-state index contributed by atoms with van der Waals surface area (Å²) in [5.74, 6) is 0.948. The summed E-state index contributed by atoms with van der Waals surface area (Å²) >= 11 is 0. The van der Waals surface area contributed by atoms with Crippen LogP contribution in [0.5, 0.6) is 0 Å². The molecule has 1 aliphatic heterocycles. The van der Waals surface area contributed by atoms with Crippen LogP contribution >= 0.6 is 24.0 Å². The van der Waals surface area contributed by atoms with Crippen molar-refractivity contribution in [3.63, 3.8) is 0 Å². The Bertz CT molecular complexity index is 613. The lowest BCUT2D eigenvalue weighted by Gasteiger charge is -2.62. The number of amides is 1. The fourth-order valence-electron chi connectivity index (χ4n) is 2.95. The Balaban J connectivity index is 0.00000338. The van der Waals surface area contributed by atoms with Crippen LogP contribution in [-0.4, -0.2) is 48.5 Å². The molecule has 1 heterocycles. The molecule has 0 radical (unpaired) electrons. The van der Waals surface area contributed by atoms with Crippen molar-refractivity contribution in [3.8, 4) is 0 Å². The molecule has 1 aromatic rings. The molecule has 146 valence electrons. The SMILES string of the molecule is CCNC(=NCCCNC(=O)c1ccccc1)N1CC(C)(C)C1(C)C.I. The molecule has 1 amide bonds. The van der Waals surface area contributed by atoms with Gasteiger partial charge in [0.1, 0.15) is 0 Å². The van der Waals surface area contributed by atoms with Crippen molar-refractivity contribution in [1.82, 2.24) is 15.5 Å². The number of nitrogens with one attached hydrogen (secondary N) is 2. The maximum absolute atomic E-state index is 12.0. The molecular weight excluding hydrogens is 439 g/mol. The molecule has 0 unspecified atom stereocenters. The lowest BCUT2D eigenvalue weighted by atomic mass is 9.65. The Morgan fingerprint density at radius 2 is 1.81 bits per heavy atom. The number of guanidine groups is 1. The predicted octanol–water partition coefficient (Wildman–Crippen LogP) is 3.51. The first-order chi connectivity index (χ1) is 11.8. The van der Waals surface area contributed by atoms with E-state index in [4.69, 9.17) is 4.99 Å². The van der Waals surface area contributed by atoms with Gasteiger partial charge in [0.15, 0.2) is 5.96 Å². The number of rotatable bonds is 6. The van der Waals surface area contributed by atoms with Crippen LogP contribution in [0.1, 0.15) is 51.4 Å². The lowest BCUT2D eigenvalue weighted by molar-refractivity contribution is -0.0667. The Morgan fingerprint density at radius 3 is 2.35 bits per heavy atom. The van der Waals surface area contributed by atoms with Gasteiger partial charge in [0.25, 0.3) is 5.91 Å². The summed E-state index contributed by atoms with van der Waals surface area (Å²) in [6, 6.07) is 9.30. The van der Waals surface area contributed by atoms with Crippen LogP contribution in [0.25, 0.3) is 0 Å². The number of benzene rings is 1. The molecule has 2 N–H and O–H groups in total. The van der Waals surface area contributed by atoms with Gasteiger partial charge in [0.2, 0.25) is 0 Å². The van der Waals surface area contributed by atoms with E-state index >= 15 is 0 Å². The van der Waals surface area contributed by atoms with E-state index in [2.05, 4.69) is 50.2 Å². The summed E-state index contributed by atoms with van der Waals surface area (Å²) in [6.45, 7) is 14.4. The van der Waals surface area contributed by atoms with Crippen LogP contribution in [-0.2, 0) is 0 Å². The zero-order valence-corrected chi connectivity index (χ0v) is 19.0. The summed E-state index contributed by atoms with van der Waals surface area (Å²) in [5, 5.41) is 6.34. The first-order valence-corrected chi connectivity index (χ1v) is 9.19. The van der Waals surface area contributed by atoms with E-state index in [-0.39, 0.29) is 40.8 Å². The van der Waals surface area contributed by atoms with Crippen LogP contribution in [0.3, 0.4) is 0 Å². The standard InChI is InChI=1S/C20H32N4O.HI/c1-6-21-18(24-15-19(2,3)20(24,4)5)23-14-10-13-22-17(25)16-11-8-7-9-12-16;/h7-9,11-12H,6,10,13-15H2,1-5H3,(H,21,23)(H,22,25);1H. The Kier molecular flexibility index (Phi) is 8.37. The molecular formula is C20H33IN4O. The molecule has 1 aromatic carbocycles. The molecule has 1 aliphatic rings. The van der Waals surface area contributed by atoms with Crippen LogP contribution in [0.15, 0.2) is 35.3 Å². The van der Waals surface area contributed by atoms with Gasteiger partial charge in [-0.2, -0.15) is 0 Å². The fourth-order valence-corrected chi connectivity index (χ4v) is 2.95. The van der Waals surface area contributed by atoms with Crippen molar-refractivity contribution < 1.29 is 4.79 Å². The molecule has 0 atom stereocenters. The summed E-state index contributed by atoms with van der Waals surface area (Å²) in [6.07, 6.45) is 0.825. The highest BCUT2D eigenvalue weighted by Crippen LogP contribution is 2.46. The van der Waals surface area contributed by atoms with Crippen molar-refractivity contribution in [3.05, 3.63) is 35.9 Å². The minimum atomic E-state index is -0.0258. The quantitative estimate of drug-likeness (QED) is 0.289. The van der Waals surface area contributed by atoms with Gasteiger partial charge < -0.3 is 15.5 Å². The fraction of sp³-hybridized carbons (Fsp3) is 0.600. The van der Waals surface area contributed by atoms with Gasteiger partial charge in [-0.25, -0.2) is 0 Å². The second kappa shape index (κ2) is 9.58. The lowest BCUT2D eigenvalue weighted by Crippen LogP contribution is -2.72.